The Kier molecular flexibility index (Phi) is 6.60. The highest BCUT2D eigenvalue weighted by molar-refractivity contribution is 5.87. The van der Waals surface area contributed by atoms with Crippen LogP contribution in [0.2, 0.25) is 0 Å². The molecule has 0 radical (unpaired) electrons. The molecule has 0 unspecified atom stereocenters. The SMILES string of the molecule is CCc1cc(-c2c[nH]c(=O)c(NC3CCN(C(=O)/C=C/CN)CC3)c2)ccn1. The van der Waals surface area contributed by atoms with Gasteiger partial charge in [-0.1, -0.05) is 13.0 Å². The first-order valence-electron chi connectivity index (χ1n) is 9.70. The van der Waals surface area contributed by atoms with Crippen LogP contribution in [-0.2, 0) is 11.2 Å². The van der Waals surface area contributed by atoms with Crippen LogP contribution in [0.4, 0.5) is 5.69 Å². The van der Waals surface area contributed by atoms with Crippen LogP contribution >= 0.6 is 0 Å². The van der Waals surface area contributed by atoms with E-state index in [0.717, 1.165) is 36.1 Å². The monoisotopic (exact) mass is 381 g/mol. The van der Waals surface area contributed by atoms with Crippen LogP contribution in [0.3, 0.4) is 0 Å². The highest BCUT2D eigenvalue weighted by Crippen LogP contribution is 2.22. The molecule has 0 bridgehead atoms. The number of aromatic nitrogens is 2. The van der Waals surface area contributed by atoms with E-state index < -0.39 is 0 Å². The Hall–Kier alpha value is -2.93. The molecule has 1 saturated heterocycles. The molecule has 1 fully saturated rings. The molecule has 2 aromatic heterocycles. The zero-order valence-corrected chi connectivity index (χ0v) is 16.1. The van der Waals surface area contributed by atoms with Gasteiger partial charge in [-0.05, 0) is 43.0 Å². The summed E-state index contributed by atoms with van der Waals surface area (Å²) in [6.07, 6.45) is 9.16. The average molecular weight is 381 g/mol. The van der Waals surface area contributed by atoms with Crippen LogP contribution in [0.5, 0.6) is 0 Å². The number of likely N-dealkylation sites (tertiary alicyclic amines) is 1. The predicted octanol–water partition coefficient (Wildman–Crippen LogP) is 1.92. The molecule has 28 heavy (non-hydrogen) atoms. The van der Waals surface area contributed by atoms with Crippen molar-refractivity contribution in [1.82, 2.24) is 14.9 Å². The number of pyridine rings is 2. The first-order valence-corrected chi connectivity index (χ1v) is 9.70. The molecule has 2 aromatic rings. The second-order valence-electron chi connectivity index (χ2n) is 6.90. The molecule has 7 heteroatoms. The number of carbonyl (C=O) groups excluding carboxylic acids is 1. The van der Waals surface area contributed by atoms with Gasteiger partial charge in [0.05, 0.1) is 0 Å². The molecular weight excluding hydrogens is 354 g/mol. The summed E-state index contributed by atoms with van der Waals surface area (Å²) in [7, 11) is 0. The third-order valence-corrected chi connectivity index (χ3v) is 4.98. The van der Waals surface area contributed by atoms with Crippen molar-refractivity contribution in [2.75, 3.05) is 25.0 Å². The number of aromatic amines is 1. The van der Waals surface area contributed by atoms with E-state index >= 15 is 0 Å². The molecule has 148 valence electrons. The lowest BCUT2D eigenvalue weighted by Gasteiger charge is -2.32. The van der Waals surface area contributed by atoms with Gasteiger partial charge in [-0.25, -0.2) is 0 Å². The summed E-state index contributed by atoms with van der Waals surface area (Å²) >= 11 is 0. The Morgan fingerprint density at radius 3 is 2.86 bits per heavy atom. The highest BCUT2D eigenvalue weighted by atomic mass is 16.2. The number of anilines is 1. The Labute approximate surface area is 164 Å². The third-order valence-electron chi connectivity index (χ3n) is 4.98. The van der Waals surface area contributed by atoms with Crippen molar-refractivity contribution in [3.63, 3.8) is 0 Å². The summed E-state index contributed by atoms with van der Waals surface area (Å²) in [6.45, 7) is 3.75. The molecule has 3 rings (SSSR count). The van der Waals surface area contributed by atoms with Crippen molar-refractivity contribution in [1.29, 1.82) is 0 Å². The number of hydrogen-bond donors (Lipinski definition) is 3. The Bertz CT molecular complexity index is 898. The van der Waals surface area contributed by atoms with Crippen LogP contribution in [0.1, 0.15) is 25.5 Å². The van der Waals surface area contributed by atoms with Crippen LogP contribution in [0.25, 0.3) is 11.1 Å². The summed E-state index contributed by atoms with van der Waals surface area (Å²) in [6, 6.07) is 6.02. The summed E-state index contributed by atoms with van der Waals surface area (Å²) in [5.41, 5.74) is 8.79. The van der Waals surface area contributed by atoms with Gasteiger partial charge < -0.3 is 20.9 Å². The maximum Gasteiger partial charge on any atom is 0.271 e. The lowest BCUT2D eigenvalue weighted by Crippen LogP contribution is -2.42. The van der Waals surface area contributed by atoms with Crippen molar-refractivity contribution >= 4 is 11.6 Å². The topological polar surface area (TPSA) is 104 Å². The molecule has 1 aliphatic heterocycles. The fourth-order valence-electron chi connectivity index (χ4n) is 3.35. The molecule has 1 amide bonds. The fraction of sp³-hybridized carbons (Fsp3) is 0.381. The van der Waals surface area contributed by atoms with Crippen molar-refractivity contribution in [2.24, 2.45) is 5.73 Å². The summed E-state index contributed by atoms with van der Waals surface area (Å²) in [4.78, 5) is 33.3. The number of piperidine rings is 1. The number of hydrogen-bond acceptors (Lipinski definition) is 5. The number of aryl methyl sites for hydroxylation is 1. The first kappa shape index (κ1) is 19.8. The largest absolute Gasteiger partial charge is 0.378 e. The van der Waals surface area contributed by atoms with E-state index in [-0.39, 0.29) is 17.5 Å². The van der Waals surface area contributed by atoms with Gasteiger partial charge in [-0.3, -0.25) is 14.6 Å². The Morgan fingerprint density at radius 2 is 2.14 bits per heavy atom. The van der Waals surface area contributed by atoms with Crippen LogP contribution in [0, 0.1) is 0 Å². The van der Waals surface area contributed by atoms with E-state index in [2.05, 4.69) is 22.2 Å². The van der Waals surface area contributed by atoms with Gasteiger partial charge in [0.1, 0.15) is 5.69 Å². The summed E-state index contributed by atoms with van der Waals surface area (Å²) < 4.78 is 0. The lowest BCUT2D eigenvalue weighted by atomic mass is 10.0. The van der Waals surface area contributed by atoms with Gasteiger partial charge in [-0.15, -0.1) is 0 Å². The van der Waals surface area contributed by atoms with Gasteiger partial charge in [0.2, 0.25) is 5.91 Å². The number of nitrogens with two attached hydrogens (primary N) is 1. The predicted molar refractivity (Wildman–Crippen MR) is 111 cm³/mol. The van der Waals surface area contributed by atoms with Gasteiger partial charge in [-0.2, -0.15) is 0 Å². The molecule has 0 atom stereocenters. The van der Waals surface area contributed by atoms with E-state index in [1.54, 1.807) is 18.5 Å². The molecular formula is C21H27N5O2. The first-order chi connectivity index (χ1) is 13.6. The molecule has 1 aliphatic rings. The molecule has 7 nitrogen and oxygen atoms in total. The van der Waals surface area contributed by atoms with E-state index in [9.17, 15) is 9.59 Å². The number of nitrogens with zero attached hydrogens (tertiary/aromatic N) is 2. The van der Waals surface area contributed by atoms with Gasteiger partial charge in [0.15, 0.2) is 0 Å². The number of H-pyrrole nitrogens is 1. The van der Waals surface area contributed by atoms with Crippen molar-refractivity contribution < 1.29 is 4.79 Å². The Balaban J connectivity index is 1.67. The van der Waals surface area contributed by atoms with E-state index in [1.807, 2.05) is 23.1 Å². The third kappa shape index (κ3) is 4.86. The average Bonchev–Trinajstić information content (AvgIpc) is 2.74. The molecule has 0 aromatic carbocycles. The fourth-order valence-corrected chi connectivity index (χ4v) is 3.35. The molecule has 0 spiro atoms. The summed E-state index contributed by atoms with van der Waals surface area (Å²) in [5, 5.41) is 3.36. The number of rotatable bonds is 6. The Morgan fingerprint density at radius 1 is 1.36 bits per heavy atom. The number of nitrogens with one attached hydrogen (secondary N) is 2. The minimum absolute atomic E-state index is 0.00633. The van der Waals surface area contributed by atoms with Gasteiger partial charge in [0, 0.05) is 55.4 Å². The normalized spacial score (nSPS) is 15.1. The van der Waals surface area contributed by atoms with Crippen molar-refractivity contribution in [2.45, 2.75) is 32.2 Å². The maximum absolute atomic E-state index is 12.3. The molecule has 4 N–H and O–H groups in total. The quantitative estimate of drug-likeness (QED) is 0.663. The van der Waals surface area contributed by atoms with Gasteiger partial charge >= 0.3 is 0 Å². The lowest BCUT2D eigenvalue weighted by molar-refractivity contribution is -0.126. The number of carbonyl (C=O) groups is 1. The standard InChI is InChI=1S/C21H27N5O2/c1-2-17-12-15(5-9-23-17)16-13-19(21(28)24-14-16)25-18-6-10-26(11-7-18)20(27)4-3-8-22/h3-5,9,12-14,18,25H,2,6-8,10-11,22H2,1H3,(H,24,28)/b4-3+. The number of amides is 1. The van der Waals surface area contributed by atoms with Crippen LogP contribution in [-0.4, -0.2) is 46.5 Å². The van der Waals surface area contributed by atoms with Crippen molar-refractivity contribution in [3.05, 3.63) is 58.8 Å². The highest BCUT2D eigenvalue weighted by Gasteiger charge is 2.22. The minimum Gasteiger partial charge on any atom is -0.378 e. The van der Waals surface area contributed by atoms with Crippen LogP contribution in [0.15, 0.2) is 47.5 Å². The zero-order valence-electron chi connectivity index (χ0n) is 16.1. The molecule has 0 aliphatic carbocycles. The van der Waals surface area contributed by atoms with Gasteiger partial charge in [0.25, 0.3) is 5.56 Å². The molecule has 3 heterocycles. The molecule has 0 saturated carbocycles. The van der Waals surface area contributed by atoms with Crippen LogP contribution < -0.4 is 16.6 Å². The minimum atomic E-state index is -0.141. The van der Waals surface area contributed by atoms with E-state index in [4.69, 9.17) is 5.73 Å². The second-order valence-corrected chi connectivity index (χ2v) is 6.90. The van der Waals surface area contributed by atoms with E-state index in [0.29, 0.717) is 25.3 Å². The summed E-state index contributed by atoms with van der Waals surface area (Å²) in [5.74, 6) is -0.00633. The maximum atomic E-state index is 12.3. The van der Waals surface area contributed by atoms with Crippen molar-refractivity contribution in [3.8, 4) is 11.1 Å². The second kappa shape index (κ2) is 9.32. The zero-order chi connectivity index (χ0) is 19.9. The van der Waals surface area contributed by atoms with E-state index in [1.165, 1.54) is 6.08 Å². The smallest absolute Gasteiger partial charge is 0.271 e.